The molecule has 0 aromatic heterocycles. The van der Waals surface area contributed by atoms with E-state index in [1.54, 1.807) is 53.0 Å². The van der Waals surface area contributed by atoms with E-state index in [2.05, 4.69) is 5.32 Å². The zero-order valence-electron chi connectivity index (χ0n) is 15.5. The fourth-order valence-corrected chi connectivity index (χ4v) is 2.13. The number of hydrogen-bond acceptors (Lipinski definition) is 5. The van der Waals surface area contributed by atoms with Crippen LogP contribution in [0.3, 0.4) is 0 Å². The molecule has 134 valence electrons. The molecule has 0 saturated heterocycles. The van der Waals surface area contributed by atoms with Gasteiger partial charge in [-0.25, -0.2) is 4.79 Å². The van der Waals surface area contributed by atoms with E-state index in [4.69, 9.17) is 14.2 Å². The van der Waals surface area contributed by atoms with Gasteiger partial charge in [0.2, 0.25) is 0 Å². The van der Waals surface area contributed by atoms with Crippen LogP contribution >= 0.6 is 0 Å². The number of Topliss-reactive ketones (excluding diaryl/α,β-unsaturated/α-hetero) is 1. The van der Waals surface area contributed by atoms with Crippen LogP contribution in [-0.2, 0) is 15.1 Å². The number of amides is 1. The van der Waals surface area contributed by atoms with Crippen molar-refractivity contribution in [3.63, 3.8) is 0 Å². The van der Waals surface area contributed by atoms with Crippen molar-refractivity contribution in [2.24, 2.45) is 0 Å². The van der Waals surface area contributed by atoms with Gasteiger partial charge in [-0.3, -0.25) is 4.79 Å². The van der Waals surface area contributed by atoms with E-state index in [0.717, 1.165) is 0 Å². The number of hydrogen-bond donors (Lipinski definition) is 1. The van der Waals surface area contributed by atoms with Gasteiger partial charge in [-0.2, -0.15) is 0 Å². The van der Waals surface area contributed by atoms with Gasteiger partial charge in [0.15, 0.2) is 17.3 Å². The van der Waals surface area contributed by atoms with Crippen LogP contribution in [0.2, 0.25) is 0 Å². The zero-order chi connectivity index (χ0) is 18.5. The number of ketones is 1. The van der Waals surface area contributed by atoms with Crippen molar-refractivity contribution in [2.75, 3.05) is 13.7 Å². The highest BCUT2D eigenvalue weighted by Crippen LogP contribution is 2.33. The van der Waals surface area contributed by atoms with E-state index in [1.165, 1.54) is 6.92 Å². The average molecular weight is 337 g/mol. The largest absolute Gasteiger partial charge is 0.493 e. The monoisotopic (exact) mass is 337 g/mol. The third-order valence-corrected chi connectivity index (χ3v) is 3.50. The molecule has 1 aromatic carbocycles. The van der Waals surface area contributed by atoms with E-state index < -0.39 is 17.2 Å². The molecule has 1 N–H and O–H groups in total. The lowest BCUT2D eigenvalue weighted by Crippen LogP contribution is -2.50. The fourth-order valence-electron chi connectivity index (χ4n) is 2.13. The average Bonchev–Trinajstić information content (AvgIpc) is 2.45. The van der Waals surface area contributed by atoms with Crippen LogP contribution in [0.5, 0.6) is 11.5 Å². The van der Waals surface area contributed by atoms with Crippen molar-refractivity contribution >= 4 is 11.9 Å². The minimum absolute atomic E-state index is 0.221. The summed E-state index contributed by atoms with van der Waals surface area (Å²) in [5.74, 6) is 0.848. The minimum atomic E-state index is -1.24. The molecule has 0 spiro atoms. The number of ether oxygens (including phenoxy) is 3. The highest BCUT2D eigenvalue weighted by atomic mass is 16.6. The quantitative estimate of drug-likeness (QED) is 0.861. The van der Waals surface area contributed by atoms with E-state index >= 15 is 0 Å². The molecule has 1 amide bonds. The van der Waals surface area contributed by atoms with Crippen molar-refractivity contribution in [2.45, 2.75) is 52.7 Å². The molecular weight excluding hydrogens is 310 g/mol. The first kappa shape index (κ1) is 19.8. The number of methoxy groups -OCH3 is 1. The van der Waals surface area contributed by atoms with Crippen LogP contribution in [0.25, 0.3) is 0 Å². The van der Waals surface area contributed by atoms with Gasteiger partial charge in [0.25, 0.3) is 0 Å². The number of rotatable bonds is 6. The van der Waals surface area contributed by atoms with Crippen molar-refractivity contribution < 1.29 is 23.8 Å². The summed E-state index contributed by atoms with van der Waals surface area (Å²) in [4.78, 5) is 24.4. The number of benzene rings is 1. The molecule has 1 rings (SSSR count). The van der Waals surface area contributed by atoms with E-state index in [0.29, 0.717) is 23.7 Å². The highest BCUT2D eigenvalue weighted by molar-refractivity contribution is 5.90. The molecule has 0 radical (unpaired) electrons. The predicted octanol–water partition coefficient (Wildman–Crippen LogP) is 3.42. The normalized spacial score (nSPS) is 13.6. The van der Waals surface area contributed by atoms with Gasteiger partial charge >= 0.3 is 6.09 Å². The van der Waals surface area contributed by atoms with Crippen LogP contribution in [0.4, 0.5) is 4.79 Å². The maximum atomic E-state index is 12.2. The summed E-state index contributed by atoms with van der Waals surface area (Å²) in [6.07, 6.45) is -0.658. The van der Waals surface area contributed by atoms with E-state index in [-0.39, 0.29) is 5.78 Å². The standard InChI is InChI=1S/C18H27NO5/c1-8-23-15-11-13(9-10-14(15)22-7)18(6,12(2)20)19-16(21)24-17(3,4)5/h9-11H,8H2,1-7H3,(H,19,21). The smallest absolute Gasteiger partial charge is 0.408 e. The first-order valence-electron chi connectivity index (χ1n) is 7.87. The summed E-state index contributed by atoms with van der Waals surface area (Å²) in [7, 11) is 1.54. The number of nitrogens with one attached hydrogen (secondary N) is 1. The first-order valence-corrected chi connectivity index (χ1v) is 7.87. The maximum Gasteiger partial charge on any atom is 0.408 e. The molecular formula is C18H27NO5. The SMILES string of the molecule is CCOc1cc(C(C)(NC(=O)OC(C)(C)C)C(C)=O)ccc1OC. The molecule has 0 fully saturated rings. The number of carbonyl (C=O) groups excluding carboxylic acids is 2. The summed E-state index contributed by atoms with van der Waals surface area (Å²) in [5, 5.41) is 2.67. The molecule has 0 saturated carbocycles. The second-order valence-electron chi connectivity index (χ2n) is 6.61. The molecule has 0 aliphatic carbocycles. The molecule has 1 atom stereocenters. The molecule has 6 nitrogen and oxygen atoms in total. The molecule has 1 aromatic rings. The Balaban J connectivity index is 3.21. The number of alkyl carbamates (subject to hydrolysis) is 1. The van der Waals surface area contributed by atoms with Crippen LogP contribution < -0.4 is 14.8 Å². The molecule has 0 bridgehead atoms. The first-order chi connectivity index (χ1) is 11.0. The number of carbonyl (C=O) groups is 2. The van der Waals surface area contributed by atoms with Crippen molar-refractivity contribution in [1.29, 1.82) is 0 Å². The maximum absolute atomic E-state index is 12.2. The van der Waals surface area contributed by atoms with Gasteiger partial charge in [0.1, 0.15) is 11.1 Å². The highest BCUT2D eigenvalue weighted by Gasteiger charge is 2.36. The minimum Gasteiger partial charge on any atom is -0.493 e. The molecule has 0 aliphatic heterocycles. The lowest BCUT2D eigenvalue weighted by Gasteiger charge is -2.30. The summed E-state index contributed by atoms with van der Waals surface area (Å²) in [6.45, 7) is 10.7. The van der Waals surface area contributed by atoms with E-state index in [9.17, 15) is 9.59 Å². The van der Waals surface area contributed by atoms with E-state index in [1.807, 2.05) is 6.92 Å². The molecule has 1 unspecified atom stereocenters. The van der Waals surface area contributed by atoms with Crippen molar-refractivity contribution in [3.8, 4) is 11.5 Å². The van der Waals surface area contributed by atoms with Gasteiger partial charge in [-0.15, -0.1) is 0 Å². The van der Waals surface area contributed by atoms with Crippen LogP contribution in [-0.4, -0.2) is 31.2 Å². The summed E-state index contributed by atoms with van der Waals surface area (Å²) < 4.78 is 16.1. The Hall–Kier alpha value is -2.24. The molecule has 0 aliphatic rings. The summed E-state index contributed by atoms with van der Waals surface area (Å²) >= 11 is 0. The third-order valence-electron chi connectivity index (χ3n) is 3.50. The van der Waals surface area contributed by atoms with Gasteiger partial charge < -0.3 is 19.5 Å². The zero-order valence-corrected chi connectivity index (χ0v) is 15.5. The Kier molecular flexibility index (Phi) is 6.23. The molecule has 6 heteroatoms. The van der Waals surface area contributed by atoms with Crippen LogP contribution in [0, 0.1) is 0 Å². The second kappa shape index (κ2) is 7.55. The van der Waals surface area contributed by atoms with Gasteiger partial charge in [0.05, 0.1) is 13.7 Å². The second-order valence-corrected chi connectivity index (χ2v) is 6.61. The van der Waals surface area contributed by atoms with Gasteiger partial charge in [-0.1, -0.05) is 6.07 Å². The Labute approximate surface area is 143 Å². The van der Waals surface area contributed by atoms with Crippen molar-refractivity contribution in [3.05, 3.63) is 23.8 Å². The fraction of sp³-hybridized carbons (Fsp3) is 0.556. The van der Waals surface area contributed by atoms with Gasteiger partial charge in [-0.05, 0) is 59.2 Å². The van der Waals surface area contributed by atoms with Crippen molar-refractivity contribution in [1.82, 2.24) is 5.32 Å². The Bertz CT molecular complexity index is 606. The third kappa shape index (κ3) is 4.88. The molecule has 24 heavy (non-hydrogen) atoms. The summed E-state index contributed by atoms with van der Waals surface area (Å²) in [5.41, 5.74) is -1.30. The Morgan fingerprint density at radius 1 is 1.12 bits per heavy atom. The molecule has 0 heterocycles. The van der Waals surface area contributed by atoms with Gasteiger partial charge in [0, 0.05) is 0 Å². The Morgan fingerprint density at radius 3 is 2.21 bits per heavy atom. The predicted molar refractivity (Wildman–Crippen MR) is 91.6 cm³/mol. The van der Waals surface area contributed by atoms with Crippen LogP contribution in [0.15, 0.2) is 18.2 Å². The lowest BCUT2D eigenvalue weighted by atomic mass is 9.88. The van der Waals surface area contributed by atoms with Crippen LogP contribution in [0.1, 0.15) is 47.1 Å². The summed E-state index contributed by atoms with van der Waals surface area (Å²) in [6, 6.07) is 5.12. The Morgan fingerprint density at radius 2 is 1.75 bits per heavy atom. The topological polar surface area (TPSA) is 73.9 Å². The lowest BCUT2D eigenvalue weighted by molar-refractivity contribution is -0.123.